The molecule has 2 rings (SSSR count). The molecular formula is C15H19BrN2. The largest absolute Gasteiger partial charge is 0.366 e. The lowest BCUT2D eigenvalue weighted by Gasteiger charge is -2.46. The van der Waals surface area contributed by atoms with Crippen molar-refractivity contribution in [1.82, 2.24) is 0 Å². The summed E-state index contributed by atoms with van der Waals surface area (Å²) in [5.74, 6) is 0.201. The number of anilines is 1. The molecule has 18 heavy (non-hydrogen) atoms. The van der Waals surface area contributed by atoms with Gasteiger partial charge in [0, 0.05) is 22.2 Å². The molecule has 1 atom stereocenters. The van der Waals surface area contributed by atoms with E-state index in [1.807, 2.05) is 0 Å². The van der Waals surface area contributed by atoms with Gasteiger partial charge in [-0.05, 0) is 57.4 Å². The Labute approximate surface area is 118 Å². The van der Waals surface area contributed by atoms with Crippen LogP contribution in [0.5, 0.6) is 0 Å². The third-order valence-electron chi connectivity index (χ3n) is 3.81. The van der Waals surface area contributed by atoms with Gasteiger partial charge in [0.2, 0.25) is 0 Å². The molecule has 0 aliphatic carbocycles. The van der Waals surface area contributed by atoms with Gasteiger partial charge in [-0.3, -0.25) is 0 Å². The molecule has 1 aliphatic heterocycles. The quantitative estimate of drug-likeness (QED) is 0.774. The first kappa shape index (κ1) is 13.4. The smallest absolute Gasteiger partial charge is 0.0657 e. The third-order valence-corrected chi connectivity index (χ3v) is 4.30. The van der Waals surface area contributed by atoms with E-state index in [9.17, 15) is 0 Å². The molecule has 96 valence electrons. The average molecular weight is 307 g/mol. The van der Waals surface area contributed by atoms with E-state index in [0.717, 1.165) is 23.9 Å². The molecule has 3 heteroatoms. The van der Waals surface area contributed by atoms with Crippen molar-refractivity contribution in [3.05, 3.63) is 28.2 Å². The van der Waals surface area contributed by atoms with Gasteiger partial charge in [-0.15, -0.1) is 0 Å². The number of nitrogens with zero attached hydrogens (tertiary/aromatic N) is 2. The van der Waals surface area contributed by atoms with Crippen LogP contribution in [-0.2, 0) is 0 Å². The van der Waals surface area contributed by atoms with Crippen LogP contribution in [0.25, 0.3) is 0 Å². The predicted molar refractivity (Wildman–Crippen MR) is 78.6 cm³/mol. The summed E-state index contributed by atoms with van der Waals surface area (Å²) in [4.78, 5) is 2.45. The maximum Gasteiger partial charge on any atom is 0.0657 e. The molecule has 1 heterocycles. The maximum absolute atomic E-state index is 9.10. The van der Waals surface area contributed by atoms with Gasteiger partial charge in [-0.25, -0.2) is 0 Å². The van der Waals surface area contributed by atoms with Crippen molar-refractivity contribution in [2.24, 2.45) is 5.92 Å². The van der Waals surface area contributed by atoms with Gasteiger partial charge in [-0.1, -0.05) is 15.9 Å². The van der Waals surface area contributed by atoms with Crippen LogP contribution >= 0.6 is 15.9 Å². The van der Waals surface area contributed by atoms with E-state index in [2.05, 4.69) is 65.9 Å². The number of hydrogen-bond donors (Lipinski definition) is 0. The third kappa shape index (κ3) is 2.54. The van der Waals surface area contributed by atoms with E-state index in [4.69, 9.17) is 5.26 Å². The average Bonchev–Trinajstić information content (AvgIpc) is 2.29. The van der Waals surface area contributed by atoms with Crippen LogP contribution in [-0.4, -0.2) is 12.1 Å². The summed E-state index contributed by atoms with van der Waals surface area (Å²) in [7, 11) is 0. The van der Waals surface area contributed by atoms with Gasteiger partial charge in [0.25, 0.3) is 0 Å². The van der Waals surface area contributed by atoms with Crippen molar-refractivity contribution in [2.45, 2.75) is 39.2 Å². The Kier molecular flexibility index (Phi) is 3.68. The Hall–Kier alpha value is -1.01. The van der Waals surface area contributed by atoms with Crippen LogP contribution in [0.15, 0.2) is 22.7 Å². The van der Waals surface area contributed by atoms with Crippen molar-refractivity contribution < 1.29 is 0 Å². The number of nitriles is 1. The summed E-state index contributed by atoms with van der Waals surface area (Å²) in [5.41, 5.74) is 2.63. The molecule has 0 spiro atoms. The van der Waals surface area contributed by atoms with Gasteiger partial charge in [0.1, 0.15) is 0 Å². The highest BCUT2D eigenvalue weighted by Gasteiger charge is 2.35. The van der Waals surface area contributed by atoms with Crippen molar-refractivity contribution >= 4 is 21.6 Å². The second-order valence-corrected chi connectivity index (χ2v) is 6.63. The molecule has 0 N–H and O–H groups in total. The van der Waals surface area contributed by atoms with E-state index in [0.29, 0.717) is 0 Å². The number of piperidine rings is 1. The summed E-state index contributed by atoms with van der Waals surface area (Å²) in [5, 5.41) is 9.10. The molecular weight excluding hydrogens is 288 g/mol. The van der Waals surface area contributed by atoms with Crippen LogP contribution in [0.2, 0.25) is 0 Å². The highest BCUT2D eigenvalue weighted by molar-refractivity contribution is 9.10. The highest BCUT2D eigenvalue weighted by Crippen LogP contribution is 2.37. The van der Waals surface area contributed by atoms with Crippen molar-refractivity contribution in [1.29, 1.82) is 5.26 Å². The zero-order valence-corrected chi connectivity index (χ0v) is 12.8. The summed E-state index contributed by atoms with van der Waals surface area (Å²) in [6.45, 7) is 7.58. The molecule has 0 bridgehead atoms. The normalized spacial score (nSPS) is 22.6. The Balaban J connectivity index is 2.31. The molecule has 1 saturated heterocycles. The van der Waals surface area contributed by atoms with Crippen molar-refractivity contribution in [3.8, 4) is 6.07 Å². The number of aryl methyl sites for hydroxylation is 1. The fourth-order valence-electron chi connectivity index (χ4n) is 2.88. The fraction of sp³-hybridized carbons (Fsp3) is 0.533. The summed E-state index contributed by atoms with van der Waals surface area (Å²) in [6, 6.07) is 8.84. The van der Waals surface area contributed by atoms with Crippen LogP contribution in [0.3, 0.4) is 0 Å². The molecule has 1 aliphatic rings. The highest BCUT2D eigenvalue weighted by atomic mass is 79.9. The minimum absolute atomic E-state index is 0.0528. The zero-order chi connectivity index (χ0) is 13.3. The van der Waals surface area contributed by atoms with Gasteiger partial charge >= 0.3 is 0 Å². The summed E-state index contributed by atoms with van der Waals surface area (Å²) in [6.07, 6.45) is 1.91. The van der Waals surface area contributed by atoms with Gasteiger partial charge < -0.3 is 4.90 Å². The Morgan fingerprint density at radius 2 is 2.17 bits per heavy atom. The van der Waals surface area contributed by atoms with E-state index in [1.165, 1.54) is 11.3 Å². The molecule has 1 unspecified atom stereocenters. The Bertz CT molecular complexity index is 488. The number of benzene rings is 1. The fourth-order valence-corrected chi connectivity index (χ4v) is 3.36. The van der Waals surface area contributed by atoms with E-state index < -0.39 is 0 Å². The van der Waals surface area contributed by atoms with Gasteiger partial charge in [-0.2, -0.15) is 5.26 Å². The Morgan fingerprint density at radius 3 is 2.72 bits per heavy atom. The molecule has 1 fully saturated rings. The van der Waals surface area contributed by atoms with Crippen molar-refractivity contribution in [2.75, 3.05) is 11.4 Å². The predicted octanol–water partition coefficient (Wildman–Crippen LogP) is 4.28. The minimum Gasteiger partial charge on any atom is -0.366 e. The first-order valence-electron chi connectivity index (χ1n) is 6.37. The number of hydrogen-bond acceptors (Lipinski definition) is 2. The second-order valence-electron chi connectivity index (χ2n) is 5.71. The van der Waals surface area contributed by atoms with E-state index >= 15 is 0 Å². The Morgan fingerprint density at radius 1 is 1.44 bits per heavy atom. The van der Waals surface area contributed by atoms with Crippen LogP contribution < -0.4 is 4.90 Å². The summed E-state index contributed by atoms with van der Waals surface area (Å²) < 4.78 is 1.12. The van der Waals surface area contributed by atoms with Crippen LogP contribution in [0.4, 0.5) is 5.69 Å². The molecule has 1 aromatic carbocycles. The molecule has 0 amide bonds. The first-order valence-corrected chi connectivity index (χ1v) is 7.17. The zero-order valence-electron chi connectivity index (χ0n) is 11.2. The second kappa shape index (κ2) is 4.93. The van der Waals surface area contributed by atoms with Crippen LogP contribution in [0.1, 0.15) is 32.3 Å². The number of rotatable bonds is 1. The van der Waals surface area contributed by atoms with Gasteiger partial charge in [0.05, 0.1) is 12.0 Å². The molecule has 0 saturated carbocycles. The van der Waals surface area contributed by atoms with E-state index in [-0.39, 0.29) is 11.5 Å². The minimum atomic E-state index is 0.0528. The molecule has 0 radical (unpaired) electrons. The maximum atomic E-state index is 9.10. The topological polar surface area (TPSA) is 27.0 Å². The monoisotopic (exact) mass is 306 g/mol. The first-order chi connectivity index (χ1) is 8.44. The lowest BCUT2D eigenvalue weighted by molar-refractivity contribution is 0.315. The molecule has 0 aromatic heterocycles. The van der Waals surface area contributed by atoms with Crippen LogP contribution in [0, 0.1) is 24.2 Å². The van der Waals surface area contributed by atoms with Crippen molar-refractivity contribution in [3.63, 3.8) is 0 Å². The number of halogens is 1. The SMILES string of the molecule is Cc1cc(Br)ccc1N1CCC(C#N)CC1(C)C. The summed E-state index contributed by atoms with van der Waals surface area (Å²) >= 11 is 3.51. The molecule has 2 nitrogen and oxygen atoms in total. The van der Waals surface area contributed by atoms with Gasteiger partial charge in [0.15, 0.2) is 0 Å². The lowest BCUT2D eigenvalue weighted by Crippen LogP contribution is -2.50. The standard InChI is InChI=1S/C15H19BrN2/c1-11-8-13(16)4-5-14(11)18-7-6-12(10-17)9-15(18,2)3/h4-5,8,12H,6-7,9H2,1-3H3. The van der Waals surface area contributed by atoms with E-state index in [1.54, 1.807) is 0 Å². The lowest BCUT2D eigenvalue weighted by atomic mass is 9.82. The molecule has 1 aromatic rings.